The van der Waals surface area contributed by atoms with Crippen LogP contribution in [-0.4, -0.2) is 50.8 Å². The molecule has 13 heteroatoms. The lowest BCUT2D eigenvalue weighted by Gasteiger charge is -2.37. The maximum absolute atomic E-state index is 13.5. The lowest BCUT2D eigenvalue weighted by molar-refractivity contribution is -0.193. The molecule has 1 aromatic carbocycles. The Bertz CT molecular complexity index is 1240. The molecule has 2 aromatic rings. The lowest BCUT2D eigenvalue weighted by atomic mass is 9.75. The van der Waals surface area contributed by atoms with Gasteiger partial charge >= 0.3 is 12.8 Å². The van der Waals surface area contributed by atoms with Crippen molar-refractivity contribution in [2.75, 3.05) is 6.54 Å². The number of aliphatic hydroxyl groups is 2. The maximum Gasteiger partial charge on any atom is 0.391 e. The van der Waals surface area contributed by atoms with Crippen molar-refractivity contribution in [3.63, 3.8) is 0 Å². The number of hydrogen-bond donors (Lipinski definition) is 3. The van der Waals surface area contributed by atoms with Gasteiger partial charge in [-0.1, -0.05) is 24.6 Å². The predicted molar refractivity (Wildman–Crippen MR) is 142 cm³/mol. The van der Waals surface area contributed by atoms with E-state index in [-0.39, 0.29) is 72.1 Å². The van der Waals surface area contributed by atoms with Gasteiger partial charge in [-0.15, -0.1) is 0 Å². The molecule has 1 aromatic heterocycles. The van der Waals surface area contributed by atoms with Gasteiger partial charge in [0.1, 0.15) is 5.75 Å². The van der Waals surface area contributed by atoms with Gasteiger partial charge < -0.3 is 20.3 Å². The molecule has 0 unspecified atom stereocenters. The third-order valence-electron chi connectivity index (χ3n) is 8.46. The number of aromatic nitrogens is 2. The minimum absolute atomic E-state index is 0.00538. The van der Waals surface area contributed by atoms with E-state index in [1.165, 1.54) is 22.9 Å². The summed E-state index contributed by atoms with van der Waals surface area (Å²) in [7, 11) is 0. The topological polar surface area (TPSA) is 96.6 Å². The van der Waals surface area contributed by atoms with Crippen molar-refractivity contribution in [1.82, 2.24) is 15.1 Å². The van der Waals surface area contributed by atoms with Crippen molar-refractivity contribution >= 4 is 17.5 Å². The van der Waals surface area contributed by atoms with E-state index in [9.17, 15) is 37.0 Å². The standard InChI is InChI=1S/C28H35ClF5N3O4/c1-3-37-23(21(29)22(36-37)24(38)35-15-26(39)10-6-16(2)7-11-26)19-5-4-18(14-20(19)41-25(30)31)27(40)12-8-17(9-13-27)28(32,33)34/h4-5,14,16-17,25,39-40H,3,6-13,15H2,1-2H3,(H,35,38). The molecule has 0 bridgehead atoms. The summed E-state index contributed by atoms with van der Waals surface area (Å²) >= 11 is 6.59. The Morgan fingerprint density at radius 2 is 1.80 bits per heavy atom. The fraction of sp³-hybridized carbons (Fsp3) is 0.643. The number of benzene rings is 1. The highest BCUT2D eigenvalue weighted by molar-refractivity contribution is 6.36. The highest BCUT2D eigenvalue weighted by Crippen LogP contribution is 2.47. The molecule has 0 aliphatic heterocycles. The van der Waals surface area contributed by atoms with Crippen LogP contribution in [-0.2, 0) is 12.1 Å². The van der Waals surface area contributed by atoms with Gasteiger partial charge in [0.25, 0.3) is 5.91 Å². The normalized spacial score (nSPS) is 27.2. The lowest BCUT2D eigenvalue weighted by Crippen LogP contribution is -2.45. The molecule has 2 saturated carbocycles. The number of alkyl halides is 5. The molecule has 0 radical (unpaired) electrons. The molecule has 228 valence electrons. The van der Waals surface area contributed by atoms with E-state index < -0.39 is 35.8 Å². The molecule has 0 atom stereocenters. The first-order valence-corrected chi connectivity index (χ1v) is 14.2. The van der Waals surface area contributed by atoms with E-state index in [2.05, 4.69) is 17.3 Å². The van der Waals surface area contributed by atoms with Crippen molar-refractivity contribution in [1.29, 1.82) is 0 Å². The zero-order valence-corrected chi connectivity index (χ0v) is 23.7. The molecule has 3 N–H and O–H groups in total. The van der Waals surface area contributed by atoms with E-state index in [0.717, 1.165) is 12.8 Å². The first kappa shape index (κ1) is 31.5. The largest absolute Gasteiger partial charge is 0.434 e. The minimum Gasteiger partial charge on any atom is -0.434 e. The summed E-state index contributed by atoms with van der Waals surface area (Å²) in [4.78, 5) is 13.0. The summed E-state index contributed by atoms with van der Waals surface area (Å²) in [5.41, 5.74) is -2.52. The first-order chi connectivity index (χ1) is 19.2. The first-order valence-electron chi connectivity index (χ1n) is 13.8. The third kappa shape index (κ3) is 6.97. The van der Waals surface area contributed by atoms with Crippen molar-refractivity contribution in [2.45, 2.75) is 95.7 Å². The number of nitrogens with zero attached hydrogens (tertiary/aromatic N) is 2. The fourth-order valence-electron chi connectivity index (χ4n) is 5.79. The Labute approximate surface area is 240 Å². The third-order valence-corrected chi connectivity index (χ3v) is 8.82. The van der Waals surface area contributed by atoms with Crippen LogP contribution in [0.15, 0.2) is 18.2 Å². The zero-order valence-electron chi connectivity index (χ0n) is 22.9. The molecule has 7 nitrogen and oxygen atoms in total. The number of carbonyl (C=O) groups excluding carboxylic acids is 1. The zero-order chi connectivity index (χ0) is 30.2. The molecule has 0 spiro atoms. The maximum atomic E-state index is 13.5. The van der Waals surface area contributed by atoms with Crippen LogP contribution in [0.4, 0.5) is 22.0 Å². The predicted octanol–water partition coefficient (Wildman–Crippen LogP) is 6.44. The van der Waals surface area contributed by atoms with Gasteiger partial charge in [-0.05, 0) is 81.9 Å². The van der Waals surface area contributed by atoms with Crippen LogP contribution >= 0.6 is 11.6 Å². The van der Waals surface area contributed by atoms with Gasteiger partial charge in [-0.2, -0.15) is 27.1 Å². The molecule has 4 rings (SSSR count). The van der Waals surface area contributed by atoms with Crippen molar-refractivity contribution < 1.29 is 41.7 Å². The second-order valence-corrected chi connectivity index (χ2v) is 11.7. The summed E-state index contributed by atoms with van der Waals surface area (Å²) in [6.07, 6.45) is -2.61. The van der Waals surface area contributed by atoms with E-state index >= 15 is 0 Å². The SMILES string of the molecule is CCn1nc(C(=O)NCC2(O)CCC(C)CC2)c(Cl)c1-c1ccc(C2(O)CCC(C(F)(F)F)CC2)cc1OC(F)F. The molecule has 0 saturated heterocycles. The number of aryl methyl sites for hydroxylation is 1. The quantitative estimate of drug-likeness (QED) is 0.300. The number of carbonyl (C=O) groups is 1. The van der Waals surface area contributed by atoms with Crippen LogP contribution < -0.4 is 10.1 Å². The summed E-state index contributed by atoms with van der Waals surface area (Å²) in [6.45, 7) is 0.783. The Morgan fingerprint density at radius 1 is 1.17 bits per heavy atom. The Kier molecular flexibility index (Phi) is 9.25. The second kappa shape index (κ2) is 12.0. The molecular weight excluding hydrogens is 573 g/mol. The van der Waals surface area contributed by atoms with Crippen molar-refractivity contribution in [3.8, 4) is 17.0 Å². The average Bonchev–Trinajstić information content (AvgIpc) is 3.24. The fourth-order valence-corrected chi connectivity index (χ4v) is 6.11. The van der Waals surface area contributed by atoms with Gasteiger partial charge in [0, 0.05) is 18.7 Å². The summed E-state index contributed by atoms with van der Waals surface area (Å²) < 4.78 is 72.5. The average molecular weight is 608 g/mol. The highest BCUT2D eigenvalue weighted by atomic mass is 35.5. The number of halogens is 6. The Morgan fingerprint density at radius 3 is 2.37 bits per heavy atom. The van der Waals surface area contributed by atoms with Gasteiger partial charge in [-0.25, -0.2) is 0 Å². The summed E-state index contributed by atoms with van der Waals surface area (Å²) in [5, 5.41) is 28.8. The number of nitrogens with one attached hydrogen (secondary N) is 1. The Hall–Kier alpha value is -2.44. The summed E-state index contributed by atoms with van der Waals surface area (Å²) in [6, 6.07) is 3.99. The van der Waals surface area contributed by atoms with Gasteiger partial charge in [0.2, 0.25) is 0 Å². The monoisotopic (exact) mass is 607 g/mol. The number of hydrogen-bond acceptors (Lipinski definition) is 5. The molecular formula is C28H35ClF5N3O4. The molecule has 2 aliphatic rings. The van der Waals surface area contributed by atoms with Crippen molar-refractivity contribution in [3.05, 3.63) is 34.5 Å². The molecule has 41 heavy (non-hydrogen) atoms. The summed E-state index contributed by atoms with van der Waals surface area (Å²) in [5.74, 6) is -2.05. The van der Waals surface area contributed by atoms with Crippen LogP contribution in [0.5, 0.6) is 5.75 Å². The van der Waals surface area contributed by atoms with Gasteiger partial charge in [0.15, 0.2) is 5.69 Å². The molecule has 1 amide bonds. The van der Waals surface area contributed by atoms with Crippen LogP contribution in [0.2, 0.25) is 5.02 Å². The van der Waals surface area contributed by atoms with Crippen LogP contribution in [0.25, 0.3) is 11.3 Å². The molecule has 2 fully saturated rings. The van der Waals surface area contributed by atoms with Gasteiger partial charge in [0.05, 0.1) is 27.8 Å². The van der Waals surface area contributed by atoms with E-state index in [1.54, 1.807) is 6.92 Å². The van der Waals surface area contributed by atoms with Crippen LogP contribution in [0, 0.1) is 11.8 Å². The van der Waals surface area contributed by atoms with Crippen molar-refractivity contribution in [2.24, 2.45) is 11.8 Å². The number of ether oxygens (including phenoxy) is 1. The second-order valence-electron chi connectivity index (χ2n) is 11.4. The van der Waals surface area contributed by atoms with Crippen LogP contribution in [0.3, 0.4) is 0 Å². The van der Waals surface area contributed by atoms with Crippen LogP contribution in [0.1, 0.15) is 81.3 Å². The Balaban J connectivity index is 1.62. The van der Waals surface area contributed by atoms with E-state index in [1.807, 2.05) is 0 Å². The molecule has 2 aliphatic carbocycles. The number of amides is 1. The smallest absolute Gasteiger partial charge is 0.391 e. The van der Waals surface area contributed by atoms with E-state index in [4.69, 9.17) is 16.3 Å². The minimum atomic E-state index is -4.37. The number of rotatable bonds is 8. The van der Waals surface area contributed by atoms with E-state index in [0.29, 0.717) is 18.8 Å². The highest BCUT2D eigenvalue weighted by Gasteiger charge is 2.46. The molecule has 1 heterocycles. The van der Waals surface area contributed by atoms with Gasteiger partial charge in [-0.3, -0.25) is 9.48 Å².